The normalized spacial score (nSPS) is 16.9. The quantitative estimate of drug-likeness (QED) is 0.467. The van der Waals surface area contributed by atoms with Gasteiger partial charge in [0.25, 0.3) is 0 Å². The molecule has 1 unspecified atom stereocenters. The molecule has 0 N–H and O–H groups in total. The van der Waals surface area contributed by atoms with Crippen LogP contribution in [0.2, 0.25) is 0 Å². The van der Waals surface area contributed by atoms with Crippen LogP contribution in [0.5, 0.6) is 0 Å². The Morgan fingerprint density at radius 3 is 1.74 bits per heavy atom. The van der Waals surface area contributed by atoms with Gasteiger partial charge in [0.05, 0.1) is 19.6 Å². The lowest BCUT2D eigenvalue weighted by Gasteiger charge is -2.33. The molecule has 0 heterocycles. The van der Waals surface area contributed by atoms with Gasteiger partial charge in [-0.05, 0) is 33.6 Å². The summed E-state index contributed by atoms with van der Waals surface area (Å²) in [6.45, 7) is 3.61. The van der Waals surface area contributed by atoms with E-state index in [2.05, 4.69) is 0 Å². The minimum atomic E-state index is -4.69. The third-order valence-corrected chi connectivity index (χ3v) is 6.42. The Labute approximate surface area is 113 Å². The Balaban J connectivity index is 4.85. The molecule has 19 heavy (non-hydrogen) atoms. The SMILES string of the molecule is CC(C)(CCCC(C)(CC=O)S(=O)(=O)[O-])S(=O)(=O)[O-]. The molecule has 0 radical (unpaired) electrons. The van der Waals surface area contributed by atoms with E-state index in [0.717, 1.165) is 6.92 Å². The van der Waals surface area contributed by atoms with Gasteiger partial charge >= 0.3 is 0 Å². The molecule has 0 aliphatic heterocycles. The molecule has 0 fully saturated rings. The molecule has 7 nitrogen and oxygen atoms in total. The monoisotopic (exact) mass is 314 g/mol. The Morgan fingerprint density at radius 2 is 1.42 bits per heavy atom. The zero-order valence-corrected chi connectivity index (χ0v) is 12.7. The molecule has 0 aromatic rings. The van der Waals surface area contributed by atoms with Crippen LogP contribution in [-0.4, -0.2) is 41.7 Å². The van der Waals surface area contributed by atoms with Crippen molar-refractivity contribution in [3.63, 3.8) is 0 Å². The lowest BCUT2D eigenvalue weighted by Crippen LogP contribution is -2.37. The smallest absolute Gasteiger partial charge is 0.121 e. The average Bonchev–Trinajstić information content (AvgIpc) is 2.13. The van der Waals surface area contributed by atoms with Gasteiger partial charge in [-0.2, -0.15) is 0 Å². The first-order chi connectivity index (χ1) is 8.27. The summed E-state index contributed by atoms with van der Waals surface area (Å²) in [4.78, 5) is 10.4. The number of carbonyl (C=O) groups excluding carboxylic acids is 1. The molecule has 9 heteroatoms. The van der Waals surface area contributed by atoms with Crippen molar-refractivity contribution in [2.45, 2.75) is 55.9 Å². The number of aldehydes is 1. The van der Waals surface area contributed by atoms with Crippen molar-refractivity contribution >= 4 is 26.5 Å². The van der Waals surface area contributed by atoms with Gasteiger partial charge in [0.1, 0.15) is 16.4 Å². The third kappa shape index (κ3) is 4.83. The number of hydrogen-bond donors (Lipinski definition) is 0. The summed E-state index contributed by atoms with van der Waals surface area (Å²) in [6, 6.07) is 0. The van der Waals surface area contributed by atoms with Crippen LogP contribution in [0.3, 0.4) is 0 Å². The molecule has 0 aliphatic rings. The summed E-state index contributed by atoms with van der Waals surface area (Å²) >= 11 is 0. The van der Waals surface area contributed by atoms with Gasteiger partial charge in [-0.25, -0.2) is 16.8 Å². The first kappa shape index (κ1) is 18.5. The van der Waals surface area contributed by atoms with E-state index in [1.807, 2.05) is 0 Å². The van der Waals surface area contributed by atoms with E-state index in [9.17, 15) is 30.7 Å². The van der Waals surface area contributed by atoms with Crippen molar-refractivity contribution < 1.29 is 30.7 Å². The molecule has 0 aliphatic carbocycles. The van der Waals surface area contributed by atoms with Crippen LogP contribution < -0.4 is 0 Å². The van der Waals surface area contributed by atoms with Crippen LogP contribution in [0.25, 0.3) is 0 Å². The molecule has 0 saturated carbocycles. The Bertz CT molecular complexity index is 518. The highest BCUT2D eigenvalue weighted by Crippen LogP contribution is 2.29. The van der Waals surface area contributed by atoms with Gasteiger partial charge in [-0.15, -0.1) is 0 Å². The third-order valence-electron chi connectivity index (χ3n) is 3.28. The van der Waals surface area contributed by atoms with Crippen LogP contribution >= 0.6 is 0 Å². The molecule has 0 aromatic heterocycles. The second kappa shape index (κ2) is 5.86. The summed E-state index contributed by atoms with van der Waals surface area (Å²) in [6.07, 6.45) is -0.325. The maximum Gasteiger partial charge on any atom is 0.121 e. The predicted octanol–water partition coefficient (Wildman–Crippen LogP) is 0.373. The van der Waals surface area contributed by atoms with Gasteiger partial charge in [0.15, 0.2) is 0 Å². The van der Waals surface area contributed by atoms with E-state index in [4.69, 9.17) is 0 Å². The fourth-order valence-corrected chi connectivity index (χ4v) is 2.58. The molecule has 0 aromatic carbocycles. The predicted molar refractivity (Wildman–Crippen MR) is 66.4 cm³/mol. The lowest BCUT2D eigenvalue weighted by molar-refractivity contribution is -0.108. The molecular formula is C10H18O7S2-2. The summed E-state index contributed by atoms with van der Waals surface area (Å²) in [7, 11) is -9.20. The molecule has 0 saturated heterocycles. The van der Waals surface area contributed by atoms with Gasteiger partial charge in [-0.1, -0.05) is 6.42 Å². The largest absolute Gasteiger partial charge is 0.748 e. The van der Waals surface area contributed by atoms with E-state index in [-0.39, 0.29) is 19.3 Å². The maximum atomic E-state index is 11.1. The van der Waals surface area contributed by atoms with Crippen molar-refractivity contribution in [1.29, 1.82) is 0 Å². The first-order valence-corrected chi connectivity index (χ1v) is 8.43. The maximum absolute atomic E-state index is 11.1. The lowest BCUT2D eigenvalue weighted by atomic mass is 9.96. The van der Waals surface area contributed by atoms with Crippen molar-refractivity contribution in [2.75, 3.05) is 0 Å². The van der Waals surface area contributed by atoms with E-state index < -0.39 is 36.2 Å². The fourth-order valence-electron chi connectivity index (χ4n) is 1.52. The second-order valence-electron chi connectivity index (χ2n) is 5.34. The molecule has 1 atom stereocenters. The summed E-state index contributed by atoms with van der Waals surface area (Å²) < 4.78 is 62.8. The van der Waals surface area contributed by atoms with Crippen molar-refractivity contribution in [3.8, 4) is 0 Å². The van der Waals surface area contributed by atoms with Crippen LogP contribution in [0.15, 0.2) is 0 Å². The first-order valence-electron chi connectivity index (χ1n) is 5.61. The Morgan fingerprint density at radius 1 is 0.947 bits per heavy atom. The van der Waals surface area contributed by atoms with E-state index >= 15 is 0 Å². The highest BCUT2D eigenvalue weighted by Gasteiger charge is 2.33. The highest BCUT2D eigenvalue weighted by atomic mass is 32.2. The summed E-state index contributed by atoms with van der Waals surface area (Å²) in [5.41, 5.74) is 0. The Kier molecular flexibility index (Phi) is 5.70. The summed E-state index contributed by atoms with van der Waals surface area (Å²) in [5.74, 6) is 0. The number of hydrogen-bond acceptors (Lipinski definition) is 7. The van der Waals surface area contributed by atoms with Crippen LogP contribution in [0, 0.1) is 0 Å². The van der Waals surface area contributed by atoms with E-state index in [0.29, 0.717) is 6.29 Å². The zero-order chi connectivity index (χ0) is 15.5. The summed E-state index contributed by atoms with van der Waals surface area (Å²) in [5, 5.41) is 0. The highest BCUT2D eigenvalue weighted by molar-refractivity contribution is 7.87. The van der Waals surface area contributed by atoms with Gasteiger partial charge in [0, 0.05) is 6.42 Å². The zero-order valence-electron chi connectivity index (χ0n) is 11.1. The van der Waals surface area contributed by atoms with Crippen molar-refractivity contribution in [2.24, 2.45) is 0 Å². The van der Waals surface area contributed by atoms with Gasteiger partial charge in [0.2, 0.25) is 0 Å². The minimum Gasteiger partial charge on any atom is -0.748 e. The Hall–Kier alpha value is -0.510. The van der Waals surface area contributed by atoms with Crippen LogP contribution in [0.4, 0.5) is 0 Å². The van der Waals surface area contributed by atoms with E-state index in [1.165, 1.54) is 13.8 Å². The molecule has 0 amide bonds. The topological polar surface area (TPSA) is 131 Å². The van der Waals surface area contributed by atoms with Gasteiger partial charge < -0.3 is 13.9 Å². The van der Waals surface area contributed by atoms with Crippen molar-refractivity contribution in [3.05, 3.63) is 0 Å². The molecular weight excluding hydrogens is 296 g/mol. The van der Waals surface area contributed by atoms with Crippen LogP contribution in [-0.2, 0) is 25.0 Å². The second-order valence-corrected chi connectivity index (χ2v) is 9.25. The molecule has 0 spiro atoms. The number of rotatable bonds is 8. The standard InChI is InChI=1S/C10H20O7S2/c1-9(2,18(12,13)14)5-4-6-10(3,7-8-11)19(15,16)17/h8H,4-7H2,1-3H3,(H,12,13,14)(H,15,16,17)/p-2. The van der Waals surface area contributed by atoms with Crippen LogP contribution in [0.1, 0.15) is 46.5 Å². The fraction of sp³-hybridized carbons (Fsp3) is 0.900. The molecule has 0 rings (SSSR count). The van der Waals surface area contributed by atoms with Gasteiger partial charge in [-0.3, -0.25) is 0 Å². The average molecular weight is 314 g/mol. The number of carbonyl (C=O) groups is 1. The molecule has 0 bridgehead atoms. The van der Waals surface area contributed by atoms with E-state index in [1.54, 1.807) is 0 Å². The minimum absolute atomic E-state index is 0.0419. The van der Waals surface area contributed by atoms with Crippen molar-refractivity contribution in [1.82, 2.24) is 0 Å². The molecule has 114 valence electrons.